The lowest BCUT2D eigenvalue weighted by atomic mass is 9.85. The second-order valence-corrected chi connectivity index (χ2v) is 3.99. The van der Waals surface area contributed by atoms with E-state index < -0.39 is 0 Å². The standard InChI is InChI=1S/C9H16O/c1-2-9-5-3-4-8(10)7(9)6-9/h7-8,10H,2-6H2,1H3. The van der Waals surface area contributed by atoms with Crippen LogP contribution < -0.4 is 0 Å². The summed E-state index contributed by atoms with van der Waals surface area (Å²) in [6.07, 6.45) is 6.34. The molecule has 2 saturated carbocycles. The summed E-state index contributed by atoms with van der Waals surface area (Å²) in [5.41, 5.74) is 0.609. The van der Waals surface area contributed by atoms with Gasteiger partial charge in [-0.25, -0.2) is 0 Å². The normalized spacial score (nSPS) is 52.2. The molecule has 0 aliphatic heterocycles. The van der Waals surface area contributed by atoms with Crippen LogP contribution in [0.5, 0.6) is 0 Å². The molecule has 10 heavy (non-hydrogen) atoms. The van der Waals surface area contributed by atoms with Crippen LogP contribution in [0.15, 0.2) is 0 Å². The Balaban J connectivity index is 2.05. The molecular formula is C9H16O. The van der Waals surface area contributed by atoms with Crippen molar-refractivity contribution in [1.29, 1.82) is 0 Å². The lowest BCUT2D eigenvalue weighted by Crippen LogP contribution is -2.20. The minimum atomic E-state index is 0.0497. The van der Waals surface area contributed by atoms with Gasteiger partial charge in [-0.15, -0.1) is 0 Å². The van der Waals surface area contributed by atoms with Gasteiger partial charge in [-0.3, -0.25) is 0 Å². The number of fused-ring (bicyclic) bond motifs is 1. The van der Waals surface area contributed by atoms with E-state index in [1.54, 1.807) is 0 Å². The van der Waals surface area contributed by atoms with Gasteiger partial charge in [-0.1, -0.05) is 19.8 Å². The number of aliphatic hydroxyl groups excluding tert-OH is 1. The van der Waals surface area contributed by atoms with Crippen molar-refractivity contribution >= 4 is 0 Å². The first kappa shape index (κ1) is 6.66. The summed E-state index contributed by atoms with van der Waals surface area (Å²) in [5.74, 6) is 0.686. The maximum absolute atomic E-state index is 9.52. The smallest absolute Gasteiger partial charge is 0.0573 e. The Kier molecular flexibility index (Phi) is 1.31. The fourth-order valence-corrected chi connectivity index (χ4v) is 2.66. The molecular weight excluding hydrogens is 124 g/mol. The largest absolute Gasteiger partial charge is 0.393 e. The van der Waals surface area contributed by atoms with Crippen LogP contribution in [0.4, 0.5) is 0 Å². The molecule has 1 N–H and O–H groups in total. The van der Waals surface area contributed by atoms with E-state index in [0.717, 1.165) is 6.42 Å². The summed E-state index contributed by atoms with van der Waals surface area (Å²) in [6.45, 7) is 2.26. The van der Waals surface area contributed by atoms with Crippen LogP contribution >= 0.6 is 0 Å². The average molecular weight is 140 g/mol. The molecule has 58 valence electrons. The molecule has 2 fully saturated rings. The van der Waals surface area contributed by atoms with E-state index in [1.165, 1.54) is 25.7 Å². The van der Waals surface area contributed by atoms with Gasteiger partial charge in [0, 0.05) is 0 Å². The van der Waals surface area contributed by atoms with Gasteiger partial charge in [0.2, 0.25) is 0 Å². The Morgan fingerprint density at radius 1 is 1.60 bits per heavy atom. The Morgan fingerprint density at radius 3 is 3.00 bits per heavy atom. The molecule has 0 spiro atoms. The highest BCUT2D eigenvalue weighted by Gasteiger charge is 2.56. The molecule has 0 amide bonds. The highest BCUT2D eigenvalue weighted by molar-refractivity contribution is 5.06. The third kappa shape index (κ3) is 0.731. The molecule has 0 aromatic heterocycles. The fourth-order valence-electron chi connectivity index (χ4n) is 2.66. The predicted molar refractivity (Wildman–Crippen MR) is 40.7 cm³/mol. The highest BCUT2D eigenvalue weighted by Crippen LogP contribution is 2.63. The quantitative estimate of drug-likeness (QED) is 0.590. The van der Waals surface area contributed by atoms with Crippen molar-refractivity contribution in [3.63, 3.8) is 0 Å². The van der Waals surface area contributed by atoms with E-state index in [1.807, 2.05) is 0 Å². The van der Waals surface area contributed by atoms with Gasteiger partial charge in [0.15, 0.2) is 0 Å². The Hall–Kier alpha value is -0.0400. The summed E-state index contributed by atoms with van der Waals surface area (Å²) in [6, 6.07) is 0. The van der Waals surface area contributed by atoms with E-state index in [9.17, 15) is 5.11 Å². The van der Waals surface area contributed by atoms with Gasteiger partial charge in [0.1, 0.15) is 0 Å². The van der Waals surface area contributed by atoms with Gasteiger partial charge < -0.3 is 5.11 Å². The van der Waals surface area contributed by atoms with Crippen LogP contribution in [0, 0.1) is 11.3 Å². The molecule has 0 saturated heterocycles. The summed E-state index contributed by atoms with van der Waals surface area (Å²) in [4.78, 5) is 0. The first-order valence-corrected chi connectivity index (χ1v) is 4.46. The molecule has 2 aliphatic carbocycles. The third-order valence-corrected chi connectivity index (χ3v) is 3.60. The minimum Gasteiger partial charge on any atom is -0.393 e. The van der Waals surface area contributed by atoms with E-state index in [2.05, 4.69) is 6.92 Å². The summed E-state index contributed by atoms with van der Waals surface area (Å²) in [7, 11) is 0. The van der Waals surface area contributed by atoms with Crippen LogP contribution in [-0.4, -0.2) is 11.2 Å². The average Bonchev–Trinajstić information content (AvgIpc) is 2.65. The predicted octanol–water partition coefficient (Wildman–Crippen LogP) is 1.95. The Bertz CT molecular complexity index is 144. The number of rotatable bonds is 1. The van der Waals surface area contributed by atoms with Gasteiger partial charge in [-0.2, -0.15) is 0 Å². The zero-order valence-electron chi connectivity index (χ0n) is 6.64. The summed E-state index contributed by atoms with van der Waals surface area (Å²) in [5, 5.41) is 9.52. The number of aliphatic hydroxyl groups is 1. The highest BCUT2D eigenvalue weighted by atomic mass is 16.3. The van der Waals surface area contributed by atoms with Gasteiger partial charge in [-0.05, 0) is 30.6 Å². The van der Waals surface area contributed by atoms with Crippen LogP contribution in [0.1, 0.15) is 39.0 Å². The first-order valence-electron chi connectivity index (χ1n) is 4.46. The lowest BCUT2D eigenvalue weighted by molar-refractivity contribution is 0.0919. The maximum atomic E-state index is 9.52. The second kappa shape index (κ2) is 1.97. The molecule has 2 aliphatic rings. The van der Waals surface area contributed by atoms with Gasteiger partial charge in [0.25, 0.3) is 0 Å². The zero-order valence-corrected chi connectivity index (χ0v) is 6.64. The second-order valence-electron chi connectivity index (χ2n) is 3.99. The maximum Gasteiger partial charge on any atom is 0.0573 e. The van der Waals surface area contributed by atoms with Gasteiger partial charge in [0.05, 0.1) is 6.10 Å². The Morgan fingerprint density at radius 2 is 2.40 bits per heavy atom. The SMILES string of the molecule is CCC12CCCC(O)C1C2. The molecule has 0 radical (unpaired) electrons. The molecule has 2 rings (SSSR count). The third-order valence-electron chi connectivity index (χ3n) is 3.60. The Labute approximate surface area is 62.4 Å². The van der Waals surface area contributed by atoms with Crippen molar-refractivity contribution in [1.82, 2.24) is 0 Å². The zero-order chi connectivity index (χ0) is 7.19. The van der Waals surface area contributed by atoms with Crippen molar-refractivity contribution in [2.75, 3.05) is 0 Å². The monoisotopic (exact) mass is 140 g/mol. The first-order chi connectivity index (χ1) is 4.78. The molecule has 0 heterocycles. The number of hydrogen-bond acceptors (Lipinski definition) is 1. The summed E-state index contributed by atoms with van der Waals surface area (Å²) < 4.78 is 0. The molecule has 0 aromatic carbocycles. The van der Waals surface area contributed by atoms with Crippen molar-refractivity contribution < 1.29 is 5.11 Å². The van der Waals surface area contributed by atoms with Crippen molar-refractivity contribution in [2.45, 2.75) is 45.1 Å². The van der Waals surface area contributed by atoms with Crippen LogP contribution in [0.25, 0.3) is 0 Å². The van der Waals surface area contributed by atoms with Gasteiger partial charge >= 0.3 is 0 Å². The van der Waals surface area contributed by atoms with Crippen LogP contribution in [0.3, 0.4) is 0 Å². The van der Waals surface area contributed by atoms with E-state index >= 15 is 0 Å². The number of hydrogen-bond donors (Lipinski definition) is 1. The fraction of sp³-hybridized carbons (Fsp3) is 1.00. The molecule has 1 nitrogen and oxygen atoms in total. The lowest BCUT2D eigenvalue weighted by Gasteiger charge is -2.23. The topological polar surface area (TPSA) is 20.2 Å². The molecule has 1 heteroatoms. The molecule has 0 bridgehead atoms. The van der Waals surface area contributed by atoms with E-state index in [4.69, 9.17) is 0 Å². The summed E-state index contributed by atoms with van der Waals surface area (Å²) >= 11 is 0. The van der Waals surface area contributed by atoms with Crippen molar-refractivity contribution in [3.8, 4) is 0 Å². The van der Waals surface area contributed by atoms with Crippen LogP contribution in [0.2, 0.25) is 0 Å². The van der Waals surface area contributed by atoms with E-state index in [-0.39, 0.29) is 6.10 Å². The van der Waals surface area contributed by atoms with Crippen LogP contribution in [-0.2, 0) is 0 Å². The van der Waals surface area contributed by atoms with E-state index in [0.29, 0.717) is 11.3 Å². The molecule has 3 unspecified atom stereocenters. The molecule has 3 atom stereocenters. The molecule has 0 aromatic rings. The minimum absolute atomic E-state index is 0.0497. The van der Waals surface area contributed by atoms with Crippen molar-refractivity contribution in [2.24, 2.45) is 11.3 Å². The van der Waals surface area contributed by atoms with Crippen molar-refractivity contribution in [3.05, 3.63) is 0 Å².